The Kier molecular flexibility index (Phi) is 15.0. The molecule has 7 heterocycles. The molecule has 6 aliphatic rings. The molecule has 0 amide bonds. The molecule has 4 fully saturated rings. The van der Waals surface area contributed by atoms with E-state index in [0.717, 1.165) is 11.4 Å². The summed E-state index contributed by atoms with van der Waals surface area (Å²) in [6.07, 6.45) is 4.26. The molecule has 6 aliphatic heterocycles. The Hall–Kier alpha value is -0.697. The van der Waals surface area contributed by atoms with Crippen molar-refractivity contribution in [1.29, 1.82) is 0 Å². The van der Waals surface area contributed by atoms with Crippen LogP contribution in [0.4, 0.5) is 0 Å². The summed E-state index contributed by atoms with van der Waals surface area (Å²) in [5, 5.41) is 0. The monoisotopic (exact) mass is 800 g/mol. The number of nitrogens with zero attached hydrogens (tertiary/aromatic N) is 6. The maximum Gasteiger partial charge on any atom is 2.00 e. The average Bonchev–Trinajstić information content (AvgIpc) is 3.60. The number of pyridine rings is 1. The van der Waals surface area contributed by atoms with Gasteiger partial charge < -0.3 is 51.3 Å². The minimum absolute atomic E-state index is 0. The third-order valence-electron chi connectivity index (χ3n) is 8.14. The van der Waals surface area contributed by atoms with E-state index in [1.54, 1.807) is 0 Å². The average molecular weight is 802 g/mol. The van der Waals surface area contributed by atoms with E-state index in [9.17, 15) is 0 Å². The summed E-state index contributed by atoms with van der Waals surface area (Å²) in [6.45, 7) is 14.9. The van der Waals surface area contributed by atoms with Gasteiger partial charge in [-0.25, -0.2) is 24.8 Å². The number of ether oxygens (including phenoxy) is 2. The van der Waals surface area contributed by atoms with Gasteiger partial charge >= 0.3 is 19.5 Å². The number of aromatic nitrogens is 1. The summed E-state index contributed by atoms with van der Waals surface area (Å²) in [5.74, 6) is 2.18. The van der Waals surface area contributed by atoms with Gasteiger partial charge in [0.15, 0.2) is 0 Å². The fourth-order valence-electron chi connectivity index (χ4n) is 6.19. The van der Waals surface area contributed by atoms with E-state index in [1.165, 1.54) is 55.5 Å². The zero-order chi connectivity index (χ0) is 27.0. The van der Waals surface area contributed by atoms with Crippen molar-refractivity contribution >= 4 is 19.7 Å². The number of hydrogen-bond acceptors (Lipinski definition) is 7. The van der Waals surface area contributed by atoms with E-state index in [4.69, 9.17) is 9.47 Å². The van der Waals surface area contributed by atoms with Crippen LogP contribution in [0.1, 0.15) is 44.6 Å². The summed E-state index contributed by atoms with van der Waals surface area (Å²) in [5.41, 5.74) is 3.01. The van der Waals surface area contributed by atoms with Crippen LogP contribution in [0.5, 0.6) is 0 Å². The SMILES string of the molecule is CC(C)[C@@H]1COC(c2cccc(C3=N[C@H](C(C)C)CO3)n2)=N1.[Br-].[Cl-].[Cl-].[Ru+2].c1ccc(C[N+]23CN4CN(CP(C4)C2)C3)cc1. The van der Waals surface area contributed by atoms with Gasteiger partial charge in [-0.1, -0.05) is 64.1 Å². The largest absolute Gasteiger partial charge is 2.00 e. The minimum atomic E-state index is 0. The predicted octanol–water partition coefficient (Wildman–Crippen LogP) is -4.43. The number of rotatable bonds is 6. The van der Waals surface area contributed by atoms with Crippen molar-refractivity contribution in [2.24, 2.45) is 21.8 Å². The van der Waals surface area contributed by atoms with Gasteiger partial charge in [-0.3, -0.25) is 4.48 Å². The molecule has 0 N–H and O–H groups in total. The van der Waals surface area contributed by atoms with Crippen molar-refractivity contribution in [2.75, 3.05) is 52.1 Å². The fraction of sp³-hybridized carbons (Fsp3) is 0.567. The first-order chi connectivity index (χ1) is 18.9. The second-order valence-corrected chi connectivity index (χ2v) is 14.6. The smallest absolute Gasteiger partial charge is 1.00 e. The van der Waals surface area contributed by atoms with Gasteiger partial charge in [0.1, 0.15) is 50.8 Å². The first kappa shape index (κ1) is 38.5. The van der Waals surface area contributed by atoms with Crippen LogP contribution in [-0.4, -0.2) is 95.2 Å². The second-order valence-electron chi connectivity index (χ2n) is 12.4. The number of halogens is 3. The molecular weight excluding hydrogens is 759 g/mol. The Morgan fingerprint density at radius 3 is 1.77 bits per heavy atom. The van der Waals surface area contributed by atoms with Crippen molar-refractivity contribution in [1.82, 2.24) is 14.8 Å². The molecule has 4 saturated heterocycles. The summed E-state index contributed by atoms with van der Waals surface area (Å²) < 4.78 is 12.7. The molecule has 13 heteroatoms. The molecule has 0 spiro atoms. The molecule has 238 valence electrons. The molecule has 0 aliphatic carbocycles. The Labute approximate surface area is 293 Å². The van der Waals surface area contributed by atoms with Gasteiger partial charge in [-0.05, 0) is 31.9 Å². The van der Waals surface area contributed by atoms with Gasteiger partial charge in [0.2, 0.25) is 11.8 Å². The van der Waals surface area contributed by atoms with E-state index in [0.29, 0.717) is 36.8 Å². The summed E-state index contributed by atoms with van der Waals surface area (Å²) >= 11 is 0. The Morgan fingerprint density at radius 2 is 1.33 bits per heavy atom. The summed E-state index contributed by atoms with van der Waals surface area (Å²) in [7, 11) is 0.268. The van der Waals surface area contributed by atoms with Crippen molar-refractivity contribution in [2.45, 2.75) is 46.3 Å². The van der Waals surface area contributed by atoms with E-state index in [1.807, 2.05) is 18.2 Å². The topological polar surface area (TPSA) is 62.6 Å². The van der Waals surface area contributed by atoms with Crippen LogP contribution in [0.15, 0.2) is 58.5 Å². The van der Waals surface area contributed by atoms with Crippen LogP contribution in [0.25, 0.3) is 0 Å². The molecule has 1 aromatic heterocycles. The number of aliphatic imine (C=N–C) groups is 2. The Morgan fingerprint density at radius 1 is 0.814 bits per heavy atom. The predicted molar refractivity (Wildman–Crippen MR) is 157 cm³/mol. The molecule has 8 nitrogen and oxygen atoms in total. The van der Waals surface area contributed by atoms with Crippen LogP contribution in [0.2, 0.25) is 0 Å². The summed E-state index contributed by atoms with van der Waals surface area (Å²) in [4.78, 5) is 19.2. The number of hydrogen-bond donors (Lipinski definition) is 0. The number of quaternary nitrogens is 1. The van der Waals surface area contributed by atoms with E-state index in [-0.39, 0.29) is 81.3 Å². The first-order valence-electron chi connectivity index (χ1n) is 14.3. The molecule has 0 saturated carbocycles. The molecular formula is C30H42BrCl2N6O2PRu. The molecule has 43 heavy (non-hydrogen) atoms. The first-order valence-corrected chi connectivity index (χ1v) is 16.2. The molecule has 4 bridgehead atoms. The van der Waals surface area contributed by atoms with Crippen molar-refractivity contribution in [3.05, 3.63) is 65.5 Å². The number of benzene rings is 1. The third kappa shape index (κ3) is 9.19. The molecule has 2 unspecified atom stereocenters. The third-order valence-corrected chi connectivity index (χ3v) is 10.7. The zero-order valence-corrected chi connectivity index (χ0v) is 31.0. The minimum Gasteiger partial charge on any atom is -1.00 e. The van der Waals surface area contributed by atoms with Crippen molar-refractivity contribution in [3.8, 4) is 0 Å². The van der Waals surface area contributed by atoms with Gasteiger partial charge in [0.25, 0.3) is 0 Å². The molecule has 0 radical (unpaired) electrons. The van der Waals surface area contributed by atoms with Gasteiger partial charge in [0.05, 0.1) is 18.8 Å². The quantitative estimate of drug-likeness (QED) is 0.168. The van der Waals surface area contributed by atoms with Crippen LogP contribution in [0.3, 0.4) is 0 Å². The van der Waals surface area contributed by atoms with E-state index < -0.39 is 0 Å². The van der Waals surface area contributed by atoms with Crippen molar-refractivity contribution < 1.29 is 75.2 Å². The van der Waals surface area contributed by atoms with Gasteiger partial charge in [-0.15, -0.1) is 0 Å². The molecule has 4 atom stereocenters. The van der Waals surface area contributed by atoms with E-state index >= 15 is 0 Å². The Bertz CT molecular complexity index is 1160. The van der Waals surface area contributed by atoms with Gasteiger partial charge in [-0.2, -0.15) is 0 Å². The van der Waals surface area contributed by atoms with Crippen molar-refractivity contribution in [3.63, 3.8) is 0 Å². The maximum atomic E-state index is 5.70. The van der Waals surface area contributed by atoms with Crippen LogP contribution >= 0.6 is 7.92 Å². The normalized spacial score (nSPS) is 29.4. The zero-order valence-electron chi connectivity index (χ0n) is 25.2. The molecule has 8 rings (SSSR count). The molecule has 1 aromatic carbocycles. The van der Waals surface area contributed by atoms with E-state index in [2.05, 4.69) is 82.8 Å². The fourth-order valence-corrected chi connectivity index (χ4v) is 9.08. The van der Waals surface area contributed by atoms with Crippen LogP contribution in [0, 0.1) is 11.8 Å². The maximum absolute atomic E-state index is 5.70. The molecule has 2 aromatic rings. The Balaban J connectivity index is 0.000000280. The van der Waals surface area contributed by atoms with Crippen LogP contribution < -0.4 is 41.8 Å². The van der Waals surface area contributed by atoms with Gasteiger partial charge in [0, 0.05) is 18.1 Å². The second kappa shape index (κ2) is 16.7. The van der Waals surface area contributed by atoms with Crippen LogP contribution in [-0.2, 0) is 35.5 Å². The standard InChI is InChI=1S/C17H23N3O2.C13H19N3P.BrH.2ClH.Ru/c1-10(2)14-8-21-16(19-14)12-6-5-7-13(18-12)17-20-15(9-22-17)11(3)4;1-2-4-13(5-3-1)6-16-8-14-7-15(9-16)11-17(10-14)12-16;;;;/h5-7,10-11,14-15H,8-9H2,1-4H3;1-5H,6-12H2;3*1H;/q;+1;;;;+2/p-3/t14-,15-;;;;;/m0...../s1. The summed E-state index contributed by atoms with van der Waals surface area (Å²) in [6, 6.07) is 17.2.